The van der Waals surface area contributed by atoms with Gasteiger partial charge in [-0.05, 0) is 54.9 Å². The van der Waals surface area contributed by atoms with E-state index >= 15 is 0 Å². The summed E-state index contributed by atoms with van der Waals surface area (Å²) >= 11 is 0. The lowest BCUT2D eigenvalue weighted by atomic mass is 10.1. The molecule has 7 nitrogen and oxygen atoms in total. The number of hydrogen-bond donors (Lipinski definition) is 1. The van der Waals surface area contributed by atoms with Crippen LogP contribution < -0.4 is 5.32 Å². The molecule has 7 heteroatoms. The van der Waals surface area contributed by atoms with Crippen LogP contribution in [0.5, 0.6) is 0 Å². The Hall–Kier alpha value is -2.54. The zero-order chi connectivity index (χ0) is 16.9. The lowest BCUT2D eigenvalue weighted by molar-refractivity contribution is -0.124. The molecule has 1 atom stereocenters. The van der Waals surface area contributed by atoms with Gasteiger partial charge in [-0.15, -0.1) is 5.10 Å². The summed E-state index contributed by atoms with van der Waals surface area (Å²) in [6, 6.07) is 9.75. The number of tetrazole rings is 1. The monoisotopic (exact) mass is 326 g/mol. The van der Waals surface area contributed by atoms with Crippen molar-refractivity contribution in [1.29, 1.82) is 0 Å². The van der Waals surface area contributed by atoms with Crippen molar-refractivity contribution in [3.8, 4) is 0 Å². The van der Waals surface area contributed by atoms with Crippen molar-refractivity contribution in [2.45, 2.75) is 13.3 Å². The largest absolute Gasteiger partial charge is 0.337 e. The van der Waals surface area contributed by atoms with Gasteiger partial charge in [-0.1, -0.05) is 30.3 Å². The molecule has 2 aromatic rings. The predicted molar refractivity (Wildman–Crippen MR) is 91.8 cm³/mol. The first-order valence-electron chi connectivity index (χ1n) is 8.15. The first kappa shape index (κ1) is 16.3. The van der Waals surface area contributed by atoms with Crippen LogP contribution >= 0.6 is 0 Å². The van der Waals surface area contributed by atoms with Crippen molar-refractivity contribution in [3.05, 3.63) is 41.7 Å². The normalized spacial score (nSPS) is 18.2. The van der Waals surface area contributed by atoms with E-state index in [1.165, 1.54) is 4.68 Å². The smallest absolute Gasteiger partial charge is 0.272 e. The van der Waals surface area contributed by atoms with Gasteiger partial charge in [0.25, 0.3) is 5.91 Å². The molecule has 0 spiro atoms. The molecule has 1 fully saturated rings. The number of likely N-dealkylation sites (tertiary alicyclic amines) is 1. The Balaban J connectivity index is 1.90. The first-order valence-corrected chi connectivity index (χ1v) is 8.15. The third kappa shape index (κ3) is 3.51. The van der Waals surface area contributed by atoms with E-state index in [1.54, 1.807) is 6.92 Å². The first-order chi connectivity index (χ1) is 11.7. The van der Waals surface area contributed by atoms with Crippen LogP contribution in [0, 0.1) is 12.8 Å². The third-order valence-corrected chi connectivity index (χ3v) is 4.24. The fraction of sp³-hybridized carbons (Fsp3) is 0.412. The summed E-state index contributed by atoms with van der Waals surface area (Å²) in [4.78, 5) is 15.0. The highest BCUT2D eigenvalue weighted by molar-refractivity contribution is 6.18. The Morgan fingerprint density at radius 2 is 2.17 bits per heavy atom. The van der Waals surface area contributed by atoms with Crippen LogP contribution in [0.3, 0.4) is 0 Å². The average molecular weight is 326 g/mol. The molecule has 1 aromatic carbocycles. The molecule has 1 N–H and O–H groups in total. The number of benzene rings is 1. The van der Waals surface area contributed by atoms with Gasteiger partial charge < -0.3 is 10.2 Å². The Bertz CT molecular complexity index is 724. The van der Waals surface area contributed by atoms with Gasteiger partial charge in [-0.3, -0.25) is 4.79 Å². The number of amides is 1. The zero-order valence-corrected chi connectivity index (χ0v) is 14.0. The van der Waals surface area contributed by atoms with Crippen molar-refractivity contribution >= 4 is 17.7 Å². The number of aromatic nitrogens is 4. The second kappa shape index (κ2) is 7.35. The van der Waals surface area contributed by atoms with E-state index in [0.29, 0.717) is 17.4 Å². The average Bonchev–Trinajstić information content (AvgIpc) is 3.23. The summed E-state index contributed by atoms with van der Waals surface area (Å²) in [5.74, 6) is 1.05. The van der Waals surface area contributed by atoms with Crippen LogP contribution in [-0.4, -0.2) is 57.7 Å². The van der Waals surface area contributed by atoms with Crippen LogP contribution in [0.4, 0.5) is 0 Å². The summed E-state index contributed by atoms with van der Waals surface area (Å²) in [5, 5.41) is 14.8. The lowest BCUT2D eigenvalue weighted by Gasteiger charge is -2.18. The topological polar surface area (TPSA) is 75.9 Å². The molecule has 1 aromatic heterocycles. The lowest BCUT2D eigenvalue weighted by Crippen LogP contribution is -2.32. The van der Waals surface area contributed by atoms with Gasteiger partial charge in [0.2, 0.25) is 0 Å². The molecule has 1 aliphatic rings. The highest BCUT2D eigenvalue weighted by atomic mass is 16.2. The highest BCUT2D eigenvalue weighted by Crippen LogP contribution is 2.21. The fourth-order valence-corrected chi connectivity index (χ4v) is 3.01. The molecule has 0 radical (unpaired) electrons. The third-order valence-electron chi connectivity index (χ3n) is 4.24. The number of nitrogens with zero attached hydrogens (tertiary/aromatic N) is 5. The second-order valence-electron chi connectivity index (χ2n) is 6.04. The van der Waals surface area contributed by atoms with Gasteiger partial charge in [0.15, 0.2) is 5.82 Å². The molecule has 24 heavy (non-hydrogen) atoms. The standard InChI is InChI=1S/C17H22N6O/c1-13-19-20-21-23(13)16(10-14-6-4-3-5-7-14)17(24)22-9-8-15(12-22)11-18-2/h3-7,10,15,18H,8-9,11-12H2,1-2H3. The Morgan fingerprint density at radius 3 is 2.83 bits per heavy atom. The summed E-state index contributed by atoms with van der Waals surface area (Å²) < 4.78 is 1.51. The summed E-state index contributed by atoms with van der Waals surface area (Å²) in [5.41, 5.74) is 1.43. The van der Waals surface area contributed by atoms with Crippen LogP contribution in [0.1, 0.15) is 17.8 Å². The predicted octanol–water partition coefficient (Wildman–Crippen LogP) is 1.05. The minimum Gasteiger partial charge on any atom is -0.337 e. The number of carbonyl (C=O) groups is 1. The van der Waals surface area contributed by atoms with E-state index in [-0.39, 0.29) is 5.91 Å². The van der Waals surface area contributed by atoms with Crippen molar-refractivity contribution in [3.63, 3.8) is 0 Å². The van der Waals surface area contributed by atoms with Crippen LogP contribution in [0.2, 0.25) is 0 Å². The van der Waals surface area contributed by atoms with Crippen LogP contribution in [0.25, 0.3) is 11.8 Å². The molecule has 0 saturated carbocycles. The van der Waals surface area contributed by atoms with Crippen molar-refractivity contribution in [2.24, 2.45) is 5.92 Å². The summed E-state index contributed by atoms with van der Waals surface area (Å²) in [7, 11) is 1.94. The Labute approximate surface area is 141 Å². The minimum atomic E-state index is -0.0344. The Morgan fingerprint density at radius 1 is 1.38 bits per heavy atom. The van der Waals surface area contributed by atoms with Crippen LogP contribution in [-0.2, 0) is 4.79 Å². The molecule has 1 unspecified atom stereocenters. The van der Waals surface area contributed by atoms with Gasteiger partial charge in [-0.2, -0.15) is 4.68 Å². The van der Waals surface area contributed by atoms with Crippen LogP contribution in [0.15, 0.2) is 30.3 Å². The molecule has 1 amide bonds. The number of aryl methyl sites for hydroxylation is 1. The SMILES string of the molecule is CNCC1CCN(C(=O)C(=Cc2ccccc2)n2nnnc2C)C1. The number of rotatable bonds is 5. The zero-order valence-electron chi connectivity index (χ0n) is 14.0. The summed E-state index contributed by atoms with van der Waals surface area (Å²) in [6.07, 6.45) is 2.86. The van der Waals surface area contributed by atoms with E-state index in [0.717, 1.165) is 31.6 Å². The molecule has 126 valence electrons. The van der Waals surface area contributed by atoms with Gasteiger partial charge in [0, 0.05) is 13.1 Å². The molecular formula is C17H22N6O. The molecule has 3 rings (SSSR count). The van der Waals surface area contributed by atoms with E-state index in [9.17, 15) is 4.79 Å². The van der Waals surface area contributed by atoms with Crippen molar-refractivity contribution < 1.29 is 4.79 Å². The molecule has 0 bridgehead atoms. The van der Waals surface area contributed by atoms with Crippen molar-refractivity contribution in [2.75, 3.05) is 26.7 Å². The van der Waals surface area contributed by atoms with E-state index < -0.39 is 0 Å². The maximum atomic E-state index is 13.1. The molecule has 1 aliphatic heterocycles. The fourth-order valence-electron chi connectivity index (χ4n) is 3.01. The molecule has 2 heterocycles. The number of hydrogen-bond acceptors (Lipinski definition) is 5. The van der Waals surface area contributed by atoms with Gasteiger partial charge in [0.1, 0.15) is 5.70 Å². The highest BCUT2D eigenvalue weighted by Gasteiger charge is 2.29. The quantitative estimate of drug-likeness (QED) is 0.831. The Kier molecular flexibility index (Phi) is 5.00. The van der Waals surface area contributed by atoms with E-state index in [2.05, 4.69) is 20.8 Å². The van der Waals surface area contributed by atoms with Gasteiger partial charge in [-0.25, -0.2) is 0 Å². The number of nitrogens with one attached hydrogen (secondary N) is 1. The second-order valence-corrected chi connectivity index (χ2v) is 6.04. The van der Waals surface area contributed by atoms with E-state index in [1.807, 2.05) is 48.4 Å². The molecule has 1 saturated heterocycles. The maximum absolute atomic E-state index is 13.1. The van der Waals surface area contributed by atoms with Crippen molar-refractivity contribution in [1.82, 2.24) is 30.4 Å². The number of carbonyl (C=O) groups excluding carboxylic acids is 1. The maximum Gasteiger partial charge on any atom is 0.272 e. The van der Waals surface area contributed by atoms with Gasteiger partial charge in [0.05, 0.1) is 0 Å². The van der Waals surface area contributed by atoms with E-state index in [4.69, 9.17) is 0 Å². The molecular weight excluding hydrogens is 304 g/mol. The van der Waals surface area contributed by atoms with Gasteiger partial charge >= 0.3 is 0 Å². The summed E-state index contributed by atoms with van der Waals surface area (Å²) in [6.45, 7) is 4.23. The molecule has 0 aliphatic carbocycles. The minimum absolute atomic E-state index is 0.0344.